The highest BCUT2D eigenvalue weighted by atomic mass is 16.9. The Hall–Kier alpha value is -1.53. The first kappa shape index (κ1) is 10.6. The fourth-order valence-electron chi connectivity index (χ4n) is 1.49. The van der Waals surface area contributed by atoms with Crippen molar-refractivity contribution in [1.82, 2.24) is 4.90 Å². The van der Waals surface area contributed by atoms with Gasteiger partial charge in [-0.05, 0) is 18.8 Å². The second kappa shape index (κ2) is 4.64. The summed E-state index contributed by atoms with van der Waals surface area (Å²) in [6.45, 7) is 1.22. The monoisotopic (exact) mass is 203 g/mol. The van der Waals surface area contributed by atoms with Gasteiger partial charge in [-0.3, -0.25) is 0 Å². The molecule has 14 heavy (non-hydrogen) atoms. The summed E-state index contributed by atoms with van der Waals surface area (Å²) in [6.07, 6.45) is 1.41. The number of primary amides is 1. The molecule has 0 spiro atoms. The molecule has 0 aromatic carbocycles. The second-order valence-corrected chi connectivity index (χ2v) is 3.29. The quantitative estimate of drug-likeness (QED) is 0.514. The van der Waals surface area contributed by atoms with Gasteiger partial charge in [0, 0.05) is 13.1 Å². The van der Waals surface area contributed by atoms with Crippen molar-refractivity contribution in [2.75, 3.05) is 19.7 Å². The van der Waals surface area contributed by atoms with Crippen LogP contribution in [0.3, 0.4) is 0 Å². The van der Waals surface area contributed by atoms with Gasteiger partial charge in [0.1, 0.15) is 0 Å². The number of likely N-dealkylation sites (tertiary alicyclic amines) is 1. The van der Waals surface area contributed by atoms with E-state index in [2.05, 4.69) is 4.84 Å². The molecule has 1 heterocycles. The van der Waals surface area contributed by atoms with Gasteiger partial charge in [-0.25, -0.2) is 4.79 Å². The molecule has 7 nitrogen and oxygen atoms in total. The molecule has 1 aliphatic rings. The van der Waals surface area contributed by atoms with Crippen LogP contribution in [-0.2, 0) is 4.84 Å². The first-order valence-corrected chi connectivity index (χ1v) is 4.41. The lowest BCUT2D eigenvalue weighted by atomic mass is 9.98. The summed E-state index contributed by atoms with van der Waals surface area (Å²) in [4.78, 5) is 26.4. The highest BCUT2D eigenvalue weighted by molar-refractivity contribution is 5.72. The van der Waals surface area contributed by atoms with Gasteiger partial charge >= 0.3 is 6.03 Å². The molecule has 0 saturated carbocycles. The molecule has 0 bridgehead atoms. The van der Waals surface area contributed by atoms with Crippen LogP contribution in [0.1, 0.15) is 12.8 Å². The zero-order valence-corrected chi connectivity index (χ0v) is 7.72. The predicted molar refractivity (Wildman–Crippen MR) is 46.8 cm³/mol. The molecule has 1 fully saturated rings. The number of nitrogens with zero attached hydrogens (tertiary/aromatic N) is 2. The van der Waals surface area contributed by atoms with Crippen LogP contribution >= 0.6 is 0 Å². The summed E-state index contributed by atoms with van der Waals surface area (Å²) >= 11 is 0. The van der Waals surface area contributed by atoms with Crippen LogP contribution in [0.25, 0.3) is 0 Å². The third-order valence-electron chi connectivity index (χ3n) is 2.34. The summed E-state index contributed by atoms with van der Waals surface area (Å²) in [7, 11) is 0. The number of piperidine rings is 1. The molecular formula is C7H13N3O4. The molecule has 1 rings (SSSR count). The fraction of sp³-hybridized carbons (Fsp3) is 0.857. The topological polar surface area (TPSA) is 98.7 Å². The van der Waals surface area contributed by atoms with Gasteiger partial charge in [-0.1, -0.05) is 0 Å². The Morgan fingerprint density at radius 3 is 2.57 bits per heavy atom. The zero-order valence-electron chi connectivity index (χ0n) is 7.72. The van der Waals surface area contributed by atoms with Crippen LogP contribution in [0.15, 0.2) is 0 Å². The Kier molecular flexibility index (Phi) is 3.49. The number of rotatable bonds is 3. The number of amides is 2. The van der Waals surface area contributed by atoms with Crippen molar-refractivity contribution < 1.29 is 14.7 Å². The highest BCUT2D eigenvalue weighted by Gasteiger charge is 2.21. The summed E-state index contributed by atoms with van der Waals surface area (Å²) < 4.78 is 0. The highest BCUT2D eigenvalue weighted by Crippen LogP contribution is 2.16. The Labute approximate surface area is 80.9 Å². The molecule has 0 radical (unpaired) electrons. The Morgan fingerprint density at radius 2 is 2.14 bits per heavy atom. The van der Waals surface area contributed by atoms with E-state index in [4.69, 9.17) is 5.73 Å². The van der Waals surface area contributed by atoms with Gasteiger partial charge in [-0.15, -0.1) is 10.1 Å². The van der Waals surface area contributed by atoms with Crippen molar-refractivity contribution >= 4 is 6.03 Å². The SMILES string of the molecule is NC(=O)N1CCC(CO[N+](=O)[O-])CC1. The number of nitrogens with two attached hydrogens (primary N) is 1. The summed E-state index contributed by atoms with van der Waals surface area (Å²) in [5, 5.41) is 9.12. The lowest BCUT2D eigenvalue weighted by molar-refractivity contribution is -0.759. The Bertz CT molecular complexity index is 225. The van der Waals surface area contributed by atoms with E-state index >= 15 is 0 Å². The molecule has 0 aliphatic carbocycles. The smallest absolute Gasteiger partial charge is 0.314 e. The molecule has 7 heteroatoms. The van der Waals surface area contributed by atoms with E-state index in [1.165, 1.54) is 4.90 Å². The minimum Gasteiger partial charge on any atom is -0.351 e. The van der Waals surface area contributed by atoms with Gasteiger partial charge in [-0.2, -0.15) is 0 Å². The lowest BCUT2D eigenvalue weighted by Crippen LogP contribution is -2.42. The van der Waals surface area contributed by atoms with E-state index in [9.17, 15) is 14.9 Å². The van der Waals surface area contributed by atoms with Gasteiger partial charge in [0.25, 0.3) is 5.09 Å². The maximum absolute atomic E-state index is 10.7. The number of carbonyl (C=O) groups is 1. The average molecular weight is 203 g/mol. The molecule has 2 amide bonds. The van der Waals surface area contributed by atoms with Gasteiger partial charge < -0.3 is 15.5 Å². The van der Waals surface area contributed by atoms with E-state index in [0.717, 1.165) is 0 Å². The molecule has 0 atom stereocenters. The van der Waals surface area contributed by atoms with E-state index in [1.54, 1.807) is 0 Å². The van der Waals surface area contributed by atoms with Crippen LogP contribution in [-0.4, -0.2) is 35.7 Å². The molecule has 80 valence electrons. The molecule has 0 aromatic rings. The zero-order chi connectivity index (χ0) is 10.6. The second-order valence-electron chi connectivity index (χ2n) is 3.29. The van der Waals surface area contributed by atoms with Crippen molar-refractivity contribution in [2.45, 2.75) is 12.8 Å². The summed E-state index contributed by atoms with van der Waals surface area (Å²) in [6, 6.07) is -0.432. The predicted octanol–water partition coefficient (Wildman–Crippen LogP) is -0.0146. The molecule has 1 saturated heterocycles. The van der Waals surface area contributed by atoms with Crippen molar-refractivity contribution in [2.24, 2.45) is 11.7 Å². The Balaban J connectivity index is 2.22. The minimum atomic E-state index is -0.791. The third-order valence-corrected chi connectivity index (χ3v) is 2.34. The lowest BCUT2D eigenvalue weighted by Gasteiger charge is -2.29. The van der Waals surface area contributed by atoms with E-state index in [-0.39, 0.29) is 12.5 Å². The maximum atomic E-state index is 10.7. The van der Waals surface area contributed by atoms with E-state index < -0.39 is 11.1 Å². The van der Waals surface area contributed by atoms with Crippen molar-refractivity contribution in [1.29, 1.82) is 0 Å². The molecule has 1 aliphatic heterocycles. The normalized spacial score (nSPS) is 17.9. The van der Waals surface area contributed by atoms with Crippen molar-refractivity contribution in [3.05, 3.63) is 10.1 Å². The maximum Gasteiger partial charge on any atom is 0.314 e. The molecular weight excluding hydrogens is 190 g/mol. The van der Waals surface area contributed by atoms with Crippen LogP contribution in [0.5, 0.6) is 0 Å². The van der Waals surface area contributed by atoms with Crippen LogP contribution in [0.4, 0.5) is 4.79 Å². The van der Waals surface area contributed by atoms with Crippen LogP contribution in [0, 0.1) is 16.0 Å². The summed E-state index contributed by atoms with van der Waals surface area (Å²) in [5.74, 6) is 0.149. The van der Waals surface area contributed by atoms with Gasteiger partial charge in [0.2, 0.25) is 0 Å². The number of urea groups is 1. The molecule has 0 unspecified atom stereocenters. The number of hydrogen-bond donors (Lipinski definition) is 1. The fourth-order valence-corrected chi connectivity index (χ4v) is 1.49. The van der Waals surface area contributed by atoms with Crippen molar-refractivity contribution in [3.8, 4) is 0 Å². The number of carbonyl (C=O) groups excluding carboxylic acids is 1. The minimum absolute atomic E-state index is 0.111. The molecule has 0 aromatic heterocycles. The van der Waals surface area contributed by atoms with Crippen LogP contribution < -0.4 is 5.73 Å². The van der Waals surface area contributed by atoms with Crippen molar-refractivity contribution in [3.63, 3.8) is 0 Å². The van der Waals surface area contributed by atoms with Crippen LogP contribution in [0.2, 0.25) is 0 Å². The largest absolute Gasteiger partial charge is 0.351 e. The first-order chi connectivity index (χ1) is 6.59. The first-order valence-electron chi connectivity index (χ1n) is 4.41. The summed E-state index contributed by atoms with van der Waals surface area (Å²) in [5.41, 5.74) is 5.08. The third kappa shape index (κ3) is 3.08. The van der Waals surface area contributed by atoms with Gasteiger partial charge in [0.05, 0.1) is 6.61 Å². The Morgan fingerprint density at radius 1 is 1.57 bits per heavy atom. The standard InChI is InChI=1S/C7H13N3O4/c8-7(11)9-3-1-6(2-4-9)5-14-10(12)13/h6H,1-5H2,(H2,8,11). The average Bonchev–Trinajstić information content (AvgIpc) is 2.15. The van der Waals surface area contributed by atoms with E-state index in [0.29, 0.717) is 25.9 Å². The molecule has 2 N–H and O–H groups in total. The van der Waals surface area contributed by atoms with Gasteiger partial charge in [0.15, 0.2) is 0 Å². The number of hydrogen-bond acceptors (Lipinski definition) is 4. The van der Waals surface area contributed by atoms with E-state index in [1.807, 2.05) is 0 Å².